The van der Waals surface area contributed by atoms with E-state index in [-0.39, 0.29) is 29.7 Å². The summed E-state index contributed by atoms with van der Waals surface area (Å²) in [7, 11) is 8.22. The van der Waals surface area contributed by atoms with Crippen LogP contribution in [0.5, 0.6) is 0 Å². The van der Waals surface area contributed by atoms with Crippen molar-refractivity contribution in [2.24, 2.45) is 0 Å². The molecule has 0 spiro atoms. The molecule has 2 heteroatoms. The zero-order valence-corrected chi connectivity index (χ0v) is 5.60. The summed E-state index contributed by atoms with van der Waals surface area (Å²) in [6.07, 6.45) is 0. The topological polar surface area (TPSA) is 6.48 Å². The minimum Gasteiger partial charge on any atom is -0.297 e. The Hall–Kier alpha value is -0.0800. The maximum Gasteiger partial charge on any atom is 0.0495 e. The first-order chi connectivity index (χ1) is 3.13. The standard InChI is InChI=1S/C5H14N2.4CH4/c1-6(2)5-7(3)4;;;;/h5H2,1-4H3;4*1H4. The molecule has 0 radical (unpaired) electrons. The van der Waals surface area contributed by atoms with Crippen molar-refractivity contribution >= 4 is 0 Å². The van der Waals surface area contributed by atoms with Gasteiger partial charge in [0.2, 0.25) is 0 Å². The number of hydrogen-bond donors (Lipinski definition) is 0. The van der Waals surface area contributed by atoms with Gasteiger partial charge in [-0.2, -0.15) is 0 Å². The van der Waals surface area contributed by atoms with Crippen molar-refractivity contribution in [3.63, 3.8) is 0 Å². The summed E-state index contributed by atoms with van der Waals surface area (Å²) in [5, 5.41) is 0. The molecule has 76 valence electrons. The largest absolute Gasteiger partial charge is 0.297 e. The van der Waals surface area contributed by atoms with Crippen LogP contribution in [0.25, 0.3) is 0 Å². The van der Waals surface area contributed by atoms with Crippen LogP contribution < -0.4 is 0 Å². The summed E-state index contributed by atoms with van der Waals surface area (Å²) in [6.45, 7) is 1.03. The third-order valence-corrected chi connectivity index (χ3v) is 0.566. The van der Waals surface area contributed by atoms with Gasteiger partial charge in [0.15, 0.2) is 0 Å². The van der Waals surface area contributed by atoms with Crippen molar-refractivity contribution in [3.8, 4) is 0 Å². The van der Waals surface area contributed by atoms with E-state index in [4.69, 9.17) is 0 Å². The van der Waals surface area contributed by atoms with Crippen LogP contribution >= 0.6 is 0 Å². The molecule has 0 aromatic carbocycles. The van der Waals surface area contributed by atoms with E-state index in [0.29, 0.717) is 0 Å². The molecule has 0 rings (SSSR count). The molecule has 0 aromatic rings. The average Bonchev–Trinajstić information content (AvgIpc) is 1.27. The van der Waals surface area contributed by atoms with E-state index in [0.717, 1.165) is 6.67 Å². The molecule has 2 nitrogen and oxygen atoms in total. The van der Waals surface area contributed by atoms with Crippen LogP contribution in [-0.4, -0.2) is 44.7 Å². The lowest BCUT2D eigenvalue weighted by atomic mass is 10.8. The van der Waals surface area contributed by atoms with Crippen LogP contribution in [0.15, 0.2) is 0 Å². The summed E-state index contributed by atoms with van der Waals surface area (Å²) < 4.78 is 0. The molecule has 0 bridgehead atoms. The highest BCUT2D eigenvalue weighted by Crippen LogP contribution is 1.74. The van der Waals surface area contributed by atoms with E-state index in [1.54, 1.807) is 0 Å². The van der Waals surface area contributed by atoms with Gasteiger partial charge in [0.05, 0.1) is 0 Å². The van der Waals surface area contributed by atoms with E-state index in [1.807, 2.05) is 0 Å². The van der Waals surface area contributed by atoms with Crippen LogP contribution in [0.3, 0.4) is 0 Å². The summed E-state index contributed by atoms with van der Waals surface area (Å²) in [5.74, 6) is 0. The van der Waals surface area contributed by atoms with Gasteiger partial charge in [-0.05, 0) is 28.2 Å². The van der Waals surface area contributed by atoms with Crippen LogP contribution in [0, 0.1) is 0 Å². The molecule has 11 heavy (non-hydrogen) atoms. The first-order valence-corrected chi connectivity index (χ1v) is 2.42. The van der Waals surface area contributed by atoms with Crippen LogP contribution in [0.2, 0.25) is 0 Å². The SMILES string of the molecule is C.C.C.C.CN(C)CN(C)C. The van der Waals surface area contributed by atoms with E-state index < -0.39 is 0 Å². The zero-order chi connectivity index (χ0) is 5.86. The lowest BCUT2D eigenvalue weighted by Gasteiger charge is -2.14. The Balaban J connectivity index is -0.0000000300. The molecule has 0 aromatic heterocycles. The molecule has 0 heterocycles. The fraction of sp³-hybridized carbons (Fsp3) is 1.00. The molecule has 0 unspecified atom stereocenters. The summed E-state index contributed by atoms with van der Waals surface area (Å²) in [6, 6.07) is 0. The van der Waals surface area contributed by atoms with Crippen molar-refractivity contribution < 1.29 is 0 Å². The highest BCUT2D eigenvalue weighted by Gasteiger charge is 1.87. The van der Waals surface area contributed by atoms with Crippen LogP contribution in [0.4, 0.5) is 0 Å². The second kappa shape index (κ2) is 16.5. The first-order valence-electron chi connectivity index (χ1n) is 2.42. The van der Waals surface area contributed by atoms with Crippen LogP contribution in [-0.2, 0) is 0 Å². The Morgan fingerprint density at radius 1 is 0.636 bits per heavy atom. The smallest absolute Gasteiger partial charge is 0.0495 e. The Bertz CT molecular complexity index is 36.8. The zero-order valence-electron chi connectivity index (χ0n) is 5.60. The highest BCUT2D eigenvalue weighted by molar-refractivity contribution is 4.35. The molecule has 0 amide bonds. The predicted molar refractivity (Wildman–Crippen MR) is 59.2 cm³/mol. The fourth-order valence-electron chi connectivity index (χ4n) is 0.566. The van der Waals surface area contributed by atoms with Gasteiger partial charge in [-0.1, -0.05) is 29.7 Å². The Morgan fingerprint density at radius 3 is 0.818 bits per heavy atom. The fourth-order valence-corrected chi connectivity index (χ4v) is 0.566. The van der Waals surface area contributed by atoms with E-state index in [2.05, 4.69) is 38.0 Å². The molecule has 0 atom stereocenters. The number of rotatable bonds is 2. The summed E-state index contributed by atoms with van der Waals surface area (Å²) >= 11 is 0. The molecular formula is C9H30N2. The predicted octanol–water partition coefficient (Wildman–Crippen LogP) is 2.61. The quantitative estimate of drug-likeness (QED) is 0.582. The van der Waals surface area contributed by atoms with Crippen molar-refractivity contribution in [3.05, 3.63) is 0 Å². The van der Waals surface area contributed by atoms with Crippen molar-refractivity contribution in [2.75, 3.05) is 34.9 Å². The van der Waals surface area contributed by atoms with Gasteiger partial charge in [-0.25, -0.2) is 0 Å². The average molecular weight is 166 g/mol. The van der Waals surface area contributed by atoms with Crippen molar-refractivity contribution in [1.29, 1.82) is 0 Å². The van der Waals surface area contributed by atoms with Gasteiger partial charge >= 0.3 is 0 Å². The van der Waals surface area contributed by atoms with Gasteiger partial charge in [-0.3, -0.25) is 9.80 Å². The summed E-state index contributed by atoms with van der Waals surface area (Å²) in [5.41, 5.74) is 0. The van der Waals surface area contributed by atoms with Gasteiger partial charge < -0.3 is 0 Å². The maximum absolute atomic E-state index is 2.12. The second-order valence-electron chi connectivity index (χ2n) is 2.30. The maximum atomic E-state index is 2.12. The lowest BCUT2D eigenvalue weighted by molar-refractivity contribution is 0.245. The van der Waals surface area contributed by atoms with Crippen LogP contribution in [0.1, 0.15) is 29.7 Å². The van der Waals surface area contributed by atoms with E-state index in [9.17, 15) is 0 Å². The number of nitrogens with zero attached hydrogens (tertiary/aromatic N) is 2. The van der Waals surface area contributed by atoms with Gasteiger partial charge in [0.25, 0.3) is 0 Å². The monoisotopic (exact) mass is 166 g/mol. The third-order valence-electron chi connectivity index (χ3n) is 0.566. The van der Waals surface area contributed by atoms with E-state index >= 15 is 0 Å². The molecule has 0 aliphatic carbocycles. The first kappa shape index (κ1) is 30.7. The van der Waals surface area contributed by atoms with Gasteiger partial charge in [0, 0.05) is 6.67 Å². The lowest BCUT2D eigenvalue weighted by Crippen LogP contribution is -2.26. The molecular weight excluding hydrogens is 136 g/mol. The van der Waals surface area contributed by atoms with Gasteiger partial charge in [-0.15, -0.1) is 0 Å². The Labute approximate surface area is 75.2 Å². The van der Waals surface area contributed by atoms with Crippen molar-refractivity contribution in [2.45, 2.75) is 29.7 Å². The molecule has 0 aliphatic heterocycles. The normalized spacial score (nSPS) is 7.09. The molecule has 0 saturated heterocycles. The Morgan fingerprint density at radius 2 is 0.818 bits per heavy atom. The third kappa shape index (κ3) is 40.5. The van der Waals surface area contributed by atoms with Crippen molar-refractivity contribution in [1.82, 2.24) is 9.80 Å². The molecule has 0 N–H and O–H groups in total. The Kier molecular flexibility index (Phi) is 45.9. The minimum atomic E-state index is 0. The molecule has 0 saturated carbocycles. The van der Waals surface area contributed by atoms with E-state index in [1.165, 1.54) is 0 Å². The second-order valence-corrected chi connectivity index (χ2v) is 2.30. The minimum absolute atomic E-state index is 0. The summed E-state index contributed by atoms with van der Waals surface area (Å²) in [4.78, 5) is 4.25. The highest BCUT2D eigenvalue weighted by atomic mass is 15.2. The molecule has 0 aliphatic rings. The number of hydrogen-bond acceptors (Lipinski definition) is 2. The van der Waals surface area contributed by atoms with Gasteiger partial charge in [0.1, 0.15) is 0 Å². The molecule has 0 fully saturated rings.